The topological polar surface area (TPSA) is 83.6 Å². The Kier molecular flexibility index (Phi) is 14.8. The summed E-state index contributed by atoms with van der Waals surface area (Å²) in [7, 11) is 0. The van der Waals surface area contributed by atoms with Crippen molar-refractivity contribution in [2.45, 2.75) is 20.8 Å². The van der Waals surface area contributed by atoms with E-state index in [2.05, 4.69) is 19.1 Å². The van der Waals surface area contributed by atoms with Gasteiger partial charge in [0.15, 0.2) is 0 Å². The monoisotopic (exact) mass is 185 g/mol. The Balaban J connectivity index is -0.000000150. The van der Waals surface area contributed by atoms with Crippen LogP contribution < -0.4 is 6.15 Å². The van der Waals surface area contributed by atoms with Gasteiger partial charge in [-0.3, -0.25) is 0 Å². The summed E-state index contributed by atoms with van der Waals surface area (Å²) in [6.07, 6.45) is 0. The molecule has 1 aromatic carbocycles. The molecule has 3 nitrogen and oxygen atoms in total. The lowest BCUT2D eigenvalue weighted by molar-refractivity contribution is -0.114. The van der Waals surface area contributed by atoms with Gasteiger partial charge < -0.3 is 16.4 Å². The van der Waals surface area contributed by atoms with Crippen molar-refractivity contribution in [3.63, 3.8) is 0 Å². The fourth-order valence-electron chi connectivity index (χ4n) is 0.534. The number of carbonyl (C=O) groups is 1. The number of hydrogen-bond acceptors (Lipinski definition) is 2. The molecule has 0 radical (unpaired) electrons. The van der Waals surface area contributed by atoms with Crippen molar-refractivity contribution in [1.82, 2.24) is 6.15 Å². The Morgan fingerprint density at radius 2 is 1.38 bits per heavy atom. The number of aryl methyl sites for hydroxylation is 1. The van der Waals surface area contributed by atoms with Gasteiger partial charge in [0.2, 0.25) is 0 Å². The maximum Gasteiger partial charge on any atom is 0.126 e. The first-order valence-electron chi connectivity index (χ1n) is 3.61. The third-order valence-corrected chi connectivity index (χ3v) is 0.940. The highest BCUT2D eigenvalue weighted by atomic mass is 16.1. The lowest BCUT2D eigenvalue weighted by Crippen LogP contribution is -1.69. The van der Waals surface area contributed by atoms with Crippen molar-refractivity contribution < 1.29 is 10.3 Å². The fraction of sp³-hybridized carbons (Fsp3) is 0.300. The van der Waals surface area contributed by atoms with E-state index in [-0.39, 0.29) is 17.4 Å². The van der Waals surface area contributed by atoms with Gasteiger partial charge >= 0.3 is 0 Å². The molecule has 0 unspecified atom stereocenters. The molecular weight excluding hydrogens is 166 g/mol. The Labute approximate surface area is 79.7 Å². The molecule has 0 aliphatic carbocycles. The number of carbonyl (C=O) groups excluding carboxylic acids is 1. The van der Waals surface area contributed by atoms with Crippen LogP contribution >= 0.6 is 0 Å². The van der Waals surface area contributed by atoms with E-state index in [1.165, 1.54) is 19.4 Å². The predicted molar refractivity (Wildman–Crippen MR) is 56.2 cm³/mol. The van der Waals surface area contributed by atoms with Gasteiger partial charge in [-0.2, -0.15) is 0 Å². The molecule has 0 atom stereocenters. The predicted octanol–water partition coefficient (Wildman–Crippen LogP) is 1.93. The number of rotatable bonds is 0. The number of benzene rings is 1. The van der Waals surface area contributed by atoms with E-state index >= 15 is 0 Å². The molecule has 0 aromatic heterocycles. The molecule has 0 aliphatic heterocycles. The summed E-state index contributed by atoms with van der Waals surface area (Å²) in [5.74, 6) is 0.167. The SMILES string of the molecule is CC(C)=O.Cc1ccccc1.N.O. The van der Waals surface area contributed by atoms with Crippen LogP contribution in [0.4, 0.5) is 0 Å². The largest absolute Gasteiger partial charge is 0.412 e. The van der Waals surface area contributed by atoms with Crippen LogP contribution in [0.3, 0.4) is 0 Å². The molecule has 0 bridgehead atoms. The number of Topliss-reactive ketones (excluding diaryl/α,β-unsaturated/α-hetero) is 1. The van der Waals surface area contributed by atoms with Crippen molar-refractivity contribution >= 4 is 5.78 Å². The maximum atomic E-state index is 9.44. The lowest BCUT2D eigenvalue weighted by atomic mass is 10.2. The fourth-order valence-corrected chi connectivity index (χ4v) is 0.534. The van der Waals surface area contributed by atoms with E-state index in [1.807, 2.05) is 18.2 Å². The lowest BCUT2D eigenvalue weighted by Gasteiger charge is -1.82. The molecule has 0 amide bonds. The van der Waals surface area contributed by atoms with Crippen molar-refractivity contribution in [2.24, 2.45) is 0 Å². The molecular formula is C10H19NO2. The molecule has 13 heavy (non-hydrogen) atoms. The van der Waals surface area contributed by atoms with Gasteiger partial charge in [0.25, 0.3) is 0 Å². The average Bonchev–Trinajstić information content (AvgIpc) is 1.87. The number of hydrogen-bond donors (Lipinski definition) is 1. The van der Waals surface area contributed by atoms with E-state index < -0.39 is 0 Å². The Morgan fingerprint density at radius 1 is 1.08 bits per heavy atom. The first-order chi connectivity index (χ1) is 5.13. The minimum absolute atomic E-state index is 0. The van der Waals surface area contributed by atoms with Crippen LogP contribution in [0.1, 0.15) is 19.4 Å². The molecule has 5 N–H and O–H groups in total. The zero-order valence-corrected chi connectivity index (χ0v) is 8.50. The van der Waals surface area contributed by atoms with E-state index in [1.54, 1.807) is 0 Å². The van der Waals surface area contributed by atoms with E-state index in [0.29, 0.717) is 0 Å². The van der Waals surface area contributed by atoms with Gasteiger partial charge in [0.1, 0.15) is 5.78 Å². The third kappa shape index (κ3) is 18.1. The van der Waals surface area contributed by atoms with E-state index in [0.717, 1.165) is 0 Å². The molecule has 1 rings (SSSR count). The molecule has 0 aliphatic rings. The summed E-state index contributed by atoms with van der Waals surface area (Å²) in [5, 5.41) is 0. The number of ketones is 1. The standard InChI is InChI=1S/C7H8.C3H6O.H3N.H2O/c1-7-5-3-2-4-6-7;1-3(2)4;;/h2-6H,1H3;1-2H3;1H3;1H2. The summed E-state index contributed by atoms with van der Waals surface area (Å²) in [6.45, 7) is 5.14. The molecule has 0 heterocycles. The Morgan fingerprint density at radius 3 is 1.54 bits per heavy atom. The summed E-state index contributed by atoms with van der Waals surface area (Å²) in [4.78, 5) is 9.44. The molecule has 1 aromatic rings. The Bertz CT molecular complexity index is 205. The second kappa shape index (κ2) is 10.8. The van der Waals surface area contributed by atoms with E-state index in [4.69, 9.17) is 0 Å². The van der Waals surface area contributed by atoms with E-state index in [9.17, 15) is 4.79 Å². The summed E-state index contributed by atoms with van der Waals surface area (Å²) in [6, 6.07) is 10.3. The van der Waals surface area contributed by atoms with Crippen LogP contribution in [0.5, 0.6) is 0 Å². The van der Waals surface area contributed by atoms with Gasteiger partial charge in [0, 0.05) is 0 Å². The van der Waals surface area contributed by atoms with Crippen LogP contribution in [0, 0.1) is 6.92 Å². The smallest absolute Gasteiger partial charge is 0.126 e. The van der Waals surface area contributed by atoms with Gasteiger partial charge in [-0.15, -0.1) is 0 Å². The van der Waals surface area contributed by atoms with Gasteiger partial charge in [-0.25, -0.2) is 0 Å². The molecule has 76 valence electrons. The van der Waals surface area contributed by atoms with Crippen LogP contribution in [0.2, 0.25) is 0 Å². The molecule has 0 spiro atoms. The highest BCUT2D eigenvalue weighted by molar-refractivity contribution is 5.72. The normalized spacial score (nSPS) is 6.69. The van der Waals surface area contributed by atoms with Gasteiger partial charge in [0.05, 0.1) is 0 Å². The second-order valence-corrected chi connectivity index (χ2v) is 2.56. The molecule has 0 saturated heterocycles. The van der Waals surface area contributed by atoms with Crippen molar-refractivity contribution in [2.75, 3.05) is 0 Å². The summed E-state index contributed by atoms with van der Waals surface area (Å²) in [5.41, 5.74) is 1.32. The Hall–Kier alpha value is -1.19. The van der Waals surface area contributed by atoms with Crippen LogP contribution in [-0.4, -0.2) is 11.3 Å². The quantitative estimate of drug-likeness (QED) is 0.669. The summed E-state index contributed by atoms with van der Waals surface area (Å²) < 4.78 is 0. The van der Waals surface area contributed by atoms with Gasteiger partial charge in [-0.05, 0) is 20.8 Å². The maximum absolute atomic E-state index is 9.44. The van der Waals surface area contributed by atoms with Crippen LogP contribution in [-0.2, 0) is 4.79 Å². The van der Waals surface area contributed by atoms with Gasteiger partial charge in [-0.1, -0.05) is 35.9 Å². The molecule has 0 fully saturated rings. The molecule has 3 heteroatoms. The van der Waals surface area contributed by atoms with Crippen molar-refractivity contribution in [3.8, 4) is 0 Å². The van der Waals surface area contributed by atoms with Crippen molar-refractivity contribution in [1.29, 1.82) is 0 Å². The average molecular weight is 185 g/mol. The van der Waals surface area contributed by atoms with Crippen LogP contribution in [0.15, 0.2) is 30.3 Å². The van der Waals surface area contributed by atoms with Crippen molar-refractivity contribution in [3.05, 3.63) is 35.9 Å². The zero-order chi connectivity index (χ0) is 8.69. The summed E-state index contributed by atoms with van der Waals surface area (Å²) >= 11 is 0. The highest BCUT2D eigenvalue weighted by Crippen LogP contribution is 1.92. The first-order valence-corrected chi connectivity index (χ1v) is 3.61. The minimum Gasteiger partial charge on any atom is -0.412 e. The zero-order valence-electron chi connectivity index (χ0n) is 8.50. The third-order valence-electron chi connectivity index (χ3n) is 0.940. The minimum atomic E-state index is 0. The second-order valence-electron chi connectivity index (χ2n) is 2.56. The first kappa shape index (κ1) is 17.8. The van der Waals surface area contributed by atoms with Crippen LogP contribution in [0.25, 0.3) is 0 Å². The molecule has 0 saturated carbocycles. The highest BCUT2D eigenvalue weighted by Gasteiger charge is 1.72.